The van der Waals surface area contributed by atoms with Gasteiger partial charge >= 0.3 is 12.0 Å². The molecule has 6 nitrogen and oxygen atoms in total. The van der Waals surface area contributed by atoms with E-state index in [0.29, 0.717) is 17.8 Å². The van der Waals surface area contributed by atoms with Crippen LogP contribution in [0.25, 0.3) is 0 Å². The number of ether oxygens (including phenoxy) is 1. The number of urea groups is 1. The Morgan fingerprint density at radius 1 is 1.19 bits per heavy atom. The van der Waals surface area contributed by atoms with Gasteiger partial charge in [0.05, 0.1) is 18.7 Å². The smallest absolute Gasteiger partial charge is 0.338 e. The summed E-state index contributed by atoms with van der Waals surface area (Å²) in [7, 11) is 1.38. The highest BCUT2D eigenvalue weighted by molar-refractivity contribution is 5.95. The number of nitrogens with zero attached hydrogens (tertiary/aromatic N) is 1. The number of methoxy groups -OCH3 is 1. The molecule has 1 fully saturated rings. The molecule has 1 saturated heterocycles. The molecule has 27 heavy (non-hydrogen) atoms. The molecule has 0 spiro atoms. The van der Waals surface area contributed by atoms with Gasteiger partial charge in [0.15, 0.2) is 0 Å². The van der Waals surface area contributed by atoms with E-state index in [9.17, 15) is 9.59 Å². The zero-order chi connectivity index (χ0) is 19.4. The molecular weight excluding hydrogens is 342 g/mol. The van der Waals surface area contributed by atoms with Crippen molar-refractivity contribution < 1.29 is 14.3 Å². The summed E-state index contributed by atoms with van der Waals surface area (Å²) < 4.78 is 5.08. The van der Waals surface area contributed by atoms with Crippen molar-refractivity contribution in [2.45, 2.75) is 45.6 Å². The fraction of sp³-hybridized carbons (Fsp3) is 0.524. The van der Waals surface area contributed by atoms with Crippen molar-refractivity contribution in [2.24, 2.45) is 0 Å². The van der Waals surface area contributed by atoms with Crippen molar-refractivity contribution in [3.63, 3.8) is 0 Å². The van der Waals surface area contributed by atoms with Gasteiger partial charge in [-0.15, -0.1) is 0 Å². The number of likely N-dealkylation sites (tertiary alicyclic amines) is 1. The molecule has 0 radical (unpaired) electrons. The van der Waals surface area contributed by atoms with Gasteiger partial charge < -0.3 is 15.4 Å². The summed E-state index contributed by atoms with van der Waals surface area (Å²) in [6.45, 7) is 6.52. The molecule has 2 N–H and O–H groups in total. The lowest BCUT2D eigenvalue weighted by Crippen LogP contribution is -2.48. The summed E-state index contributed by atoms with van der Waals surface area (Å²) in [6.07, 6.45) is 4.76. The first-order chi connectivity index (χ1) is 13.0. The number of hydrogen-bond acceptors (Lipinski definition) is 4. The Kier molecular flexibility index (Phi) is 6.16. The van der Waals surface area contributed by atoms with Crippen LogP contribution in [0.2, 0.25) is 0 Å². The third-order valence-electron chi connectivity index (χ3n) is 5.39. The third-order valence-corrected chi connectivity index (χ3v) is 5.39. The lowest BCUT2D eigenvalue weighted by molar-refractivity contribution is -0.136. The molecule has 3 rings (SSSR count). The second kappa shape index (κ2) is 8.57. The van der Waals surface area contributed by atoms with E-state index in [-0.39, 0.29) is 6.03 Å². The Balaban J connectivity index is 2.01. The second-order valence-electron chi connectivity index (χ2n) is 7.47. The highest BCUT2D eigenvalue weighted by atomic mass is 16.5. The summed E-state index contributed by atoms with van der Waals surface area (Å²) in [5.74, 6) is -0.404. The second-order valence-corrected chi connectivity index (χ2v) is 7.47. The van der Waals surface area contributed by atoms with Crippen molar-refractivity contribution in [3.05, 3.63) is 46.2 Å². The number of aryl methyl sites for hydroxylation is 2. The van der Waals surface area contributed by atoms with Crippen LogP contribution >= 0.6 is 0 Å². The first-order valence-electron chi connectivity index (χ1n) is 9.68. The first-order valence-corrected chi connectivity index (χ1v) is 9.68. The highest BCUT2D eigenvalue weighted by Crippen LogP contribution is 2.31. The molecule has 2 amide bonds. The lowest BCUT2D eigenvalue weighted by atomic mass is 9.91. The average molecular weight is 371 g/mol. The molecule has 0 aliphatic carbocycles. The number of rotatable bonds is 4. The Bertz CT molecular complexity index is 749. The Morgan fingerprint density at radius 3 is 2.56 bits per heavy atom. The summed E-state index contributed by atoms with van der Waals surface area (Å²) in [5, 5.41) is 5.79. The fourth-order valence-corrected chi connectivity index (χ4v) is 3.92. The van der Waals surface area contributed by atoms with Crippen LogP contribution in [0, 0.1) is 13.8 Å². The SMILES string of the molecule is COC(=O)C1=C(CN2CCCCCC2)NC(=O)N[C@@H]1c1cc(C)ccc1C. The zero-order valence-electron chi connectivity index (χ0n) is 16.4. The molecule has 6 heteroatoms. The number of carbonyl (C=O) groups is 2. The molecule has 0 unspecified atom stereocenters. The highest BCUT2D eigenvalue weighted by Gasteiger charge is 2.34. The van der Waals surface area contributed by atoms with E-state index in [2.05, 4.69) is 15.5 Å². The van der Waals surface area contributed by atoms with E-state index >= 15 is 0 Å². The number of esters is 1. The number of nitrogens with one attached hydrogen (secondary N) is 2. The Morgan fingerprint density at radius 2 is 1.89 bits per heavy atom. The average Bonchev–Trinajstić information content (AvgIpc) is 2.91. The van der Waals surface area contributed by atoms with Crippen LogP contribution in [-0.4, -0.2) is 43.6 Å². The summed E-state index contributed by atoms with van der Waals surface area (Å²) in [6, 6.07) is 5.29. The van der Waals surface area contributed by atoms with Gasteiger partial charge in [-0.05, 0) is 50.9 Å². The van der Waals surface area contributed by atoms with Gasteiger partial charge in [-0.2, -0.15) is 0 Å². The van der Waals surface area contributed by atoms with Crippen LogP contribution in [0.4, 0.5) is 4.79 Å². The standard InChI is InChI=1S/C21H29N3O3/c1-14-8-9-15(2)16(12-14)19-18(20(25)27-3)17(22-21(26)23-19)13-24-10-6-4-5-7-11-24/h8-9,12,19H,4-7,10-11,13H2,1-3H3,(H2,22,23,26)/t19-/m1/s1. The normalized spacial score (nSPS) is 21.3. The molecule has 2 aliphatic heterocycles. The number of benzene rings is 1. The number of amides is 2. The summed E-state index contributed by atoms with van der Waals surface area (Å²) >= 11 is 0. The van der Waals surface area contributed by atoms with Crippen molar-refractivity contribution in [1.82, 2.24) is 15.5 Å². The first kappa shape index (κ1) is 19.4. The molecule has 1 atom stereocenters. The minimum atomic E-state index is -0.506. The van der Waals surface area contributed by atoms with Gasteiger partial charge in [-0.1, -0.05) is 36.6 Å². The summed E-state index contributed by atoms with van der Waals surface area (Å²) in [4.78, 5) is 27.4. The predicted molar refractivity (Wildman–Crippen MR) is 104 cm³/mol. The van der Waals surface area contributed by atoms with Gasteiger partial charge in [0, 0.05) is 12.2 Å². The fourth-order valence-electron chi connectivity index (χ4n) is 3.92. The Labute approximate surface area is 161 Å². The van der Waals surface area contributed by atoms with Gasteiger partial charge in [0.1, 0.15) is 0 Å². The van der Waals surface area contributed by atoms with Crippen LogP contribution in [0.3, 0.4) is 0 Å². The van der Waals surface area contributed by atoms with Gasteiger partial charge in [0.25, 0.3) is 0 Å². The van der Waals surface area contributed by atoms with Gasteiger partial charge in [0.2, 0.25) is 0 Å². The molecule has 2 heterocycles. The van der Waals surface area contributed by atoms with E-state index in [0.717, 1.165) is 42.6 Å². The number of carbonyl (C=O) groups excluding carboxylic acids is 2. The zero-order valence-corrected chi connectivity index (χ0v) is 16.4. The molecule has 0 bridgehead atoms. The minimum absolute atomic E-state index is 0.279. The number of hydrogen-bond donors (Lipinski definition) is 2. The monoisotopic (exact) mass is 371 g/mol. The lowest BCUT2D eigenvalue weighted by Gasteiger charge is -2.32. The topological polar surface area (TPSA) is 70.7 Å². The molecule has 0 aromatic heterocycles. The molecule has 2 aliphatic rings. The van der Waals surface area contributed by atoms with Gasteiger partial charge in [-0.25, -0.2) is 9.59 Å². The third kappa shape index (κ3) is 4.50. The van der Waals surface area contributed by atoms with Crippen LogP contribution in [0.1, 0.15) is 48.4 Å². The predicted octanol–water partition coefficient (Wildman–Crippen LogP) is 2.96. The molecule has 1 aromatic carbocycles. The molecular formula is C21H29N3O3. The van der Waals surface area contributed by atoms with Crippen molar-refractivity contribution >= 4 is 12.0 Å². The van der Waals surface area contributed by atoms with Crippen LogP contribution in [0.15, 0.2) is 29.5 Å². The van der Waals surface area contributed by atoms with E-state index < -0.39 is 12.0 Å². The quantitative estimate of drug-likeness (QED) is 0.799. The van der Waals surface area contributed by atoms with Crippen molar-refractivity contribution in [1.29, 1.82) is 0 Å². The minimum Gasteiger partial charge on any atom is -0.466 e. The largest absolute Gasteiger partial charge is 0.466 e. The maximum absolute atomic E-state index is 12.7. The molecule has 1 aromatic rings. The van der Waals surface area contributed by atoms with E-state index in [1.165, 1.54) is 20.0 Å². The van der Waals surface area contributed by atoms with Crippen LogP contribution in [-0.2, 0) is 9.53 Å². The van der Waals surface area contributed by atoms with E-state index in [1.54, 1.807) is 0 Å². The van der Waals surface area contributed by atoms with E-state index in [4.69, 9.17) is 4.74 Å². The van der Waals surface area contributed by atoms with Crippen LogP contribution in [0.5, 0.6) is 0 Å². The van der Waals surface area contributed by atoms with Crippen LogP contribution < -0.4 is 10.6 Å². The van der Waals surface area contributed by atoms with Crippen molar-refractivity contribution in [2.75, 3.05) is 26.7 Å². The Hall–Kier alpha value is -2.34. The maximum atomic E-state index is 12.7. The van der Waals surface area contributed by atoms with Gasteiger partial charge in [-0.3, -0.25) is 4.90 Å². The molecule has 146 valence electrons. The van der Waals surface area contributed by atoms with E-state index in [1.807, 2.05) is 32.0 Å². The maximum Gasteiger partial charge on any atom is 0.338 e. The molecule has 0 saturated carbocycles. The summed E-state index contributed by atoms with van der Waals surface area (Å²) in [5.41, 5.74) is 4.19. The van der Waals surface area contributed by atoms with Crippen molar-refractivity contribution in [3.8, 4) is 0 Å².